The average molecular weight is 324 g/mol. The van der Waals surface area contributed by atoms with Crippen molar-refractivity contribution in [1.82, 2.24) is 0 Å². The molecule has 0 aliphatic carbocycles. The summed E-state index contributed by atoms with van der Waals surface area (Å²) in [5, 5.41) is 22.4. The molecule has 0 aliphatic heterocycles. The zero-order valence-corrected chi connectivity index (χ0v) is 14.5. The lowest BCUT2D eigenvalue weighted by atomic mass is 9.78. The van der Waals surface area contributed by atoms with Crippen molar-refractivity contribution in [3.05, 3.63) is 59.5 Å². The Morgan fingerprint density at radius 2 is 1.78 bits per heavy atom. The van der Waals surface area contributed by atoms with Crippen LogP contribution in [-0.4, -0.2) is 17.2 Å². The SMILES string of the molecule is C=C(B(O)O)c1sc2c(ccc3ccccc32)c1/C=C\C.CC. The van der Waals surface area contributed by atoms with E-state index < -0.39 is 7.12 Å². The van der Waals surface area contributed by atoms with Crippen molar-refractivity contribution in [2.75, 3.05) is 0 Å². The van der Waals surface area contributed by atoms with Crippen LogP contribution in [0.1, 0.15) is 31.2 Å². The highest BCUT2D eigenvalue weighted by Gasteiger charge is 2.21. The number of rotatable bonds is 3. The summed E-state index contributed by atoms with van der Waals surface area (Å²) in [4.78, 5) is 0.828. The average Bonchev–Trinajstić information content (AvgIpc) is 2.95. The second kappa shape index (κ2) is 7.60. The molecular formula is C19H21BO2S. The van der Waals surface area contributed by atoms with E-state index in [1.54, 1.807) is 11.3 Å². The minimum atomic E-state index is -1.53. The molecule has 23 heavy (non-hydrogen) atoms. The number of hydrogen-bond acceptors (Lipinski definition) is 3. The van der Waals surface area contributed by atoms with Gasteiger partial charge < -0.3 is 10.0 Å². The van der Waals surface area contributed by atoms with E-state index in [-0.39, 0.29) is 0 Å². The van der Waals surface area contributed by atoms with Crippen LogP contribution >= 0.6 is 11.3 Å². The topological polar surface area (TPSA) is 40.5 Å². The van der Waals surface area contributed by atoms with Crippen LogP contribution < -0.4 is 0 Å². The van der Waals surface area contributed by atoms with E-state index in [0.29, 0.717) is 5.47 Å². The van der Waals surface area contributed by atoms with Crippen molar-refractivity contribution in [2.24, 2.45) is 0 Å². The third-order valence-corrected chi connectivity index (χ3v) is 4.89. The number of fused-ring (bicyclic) bond motifs is 3. The molecule has 1 aromatic heterocycles. The van der Waals surface area contributed by atoms with Gasteiger partial charge in [0.2, 0.25) is 0 Å². The molecule has 118 valence electrons. The Bertz CT molecular complexity index is 862. The molecule has 2 N–H and O–H groups in total. The number of hydrogen-bond donors (Lipinski definition) is 2. The molecule has 0 saturated heterocycles. The van der Waals surface area contributed by atoms with Crippen LogP contribution in [-0.2, 0) is 0 Å². The molecular weight excluding hydrogens is 303 g/mol. The monoisotopic (exact) mass is 324 g/mol. The molecule has 0 bridgehead atoms. The Morgan fingerprint density at radius 3 is 2.43 bits per heavy atom. The van der Waals surface area contributed by atoms with Gasteiger partial charge in [0.15, 0.2) is 0 Å². The minimum Gasteiger partial charge on any atom is -0.423 e. The van der Waals surface area contributed by atoms with E-state index in [4.69, 9.17) is 0 Å². The highest BCUT2D eigenvalue weighted by Crippen LogP contribution is 2.40. The Labute approximate surface area is 141 Å². The Balaban J connectivity index is 0.000000924. The van der Waals surface area contributed by atoms with Gasteiger partial charge in [-0.15, -0.1) is 11.3 Å². The Hall–Kier alpha value is -1.88. The quantitative estimate of drug-likeness (QED) is 0.655. The fourth-order valence-electron chi connectivity index (χ4n) is 2.53. The second-order valence-electron chi connectivity index (χ2n) is 4.91. The van der Waals surface area contributed by atoms with Crippen LogP contribution in [0.4, 0.5) is 0 Å². The predicted octanol–water partition coefficient (Wildman–Crippen LogP) is 5.14. The molecule has 0 amide bonds. The standard InChI is InChI=1S/C17H15BO2S.C2H6/c1-3-6-14-15-10-9-12-7-4-5-8-13(12)17(15)21-16(14)11(2)18(19)20;1-2/h3-10,19-20H,2H2,1H3;1-2H3/b6-3-;. The fourth-order valence-corrected chi connectivity index (χ4v) is 3.84. The van der Waals surface area contributed by atoms with Gasteiger partial charge in [0.05, 0.1) is 0 Å². The van der Waals surface area contributed by atoms with E-state index in [1.165, 1.54) is 10.8 Å². The lowest BCUT2D eigenvalue weighted by Gasteiger charge is -2.03. The summed E-state index contributed by atoms with van der Waals surface area (Å²) < 4.78 is 1.15. The second-order valence-corrected chi connectivity index (χ2v) is 5.93. The van der Waals surface area contributed by atoms with Gasteiger partial charge in [-0.3, -0.25) is 0 Å². The normalized spacial score (nSPS) is 10.8. The van der Waals surface area contributed by atoms with Crippen LogP contribution in [0, 0.1) is 0 Å². The molecule has 0 saturated carbocycles. The first-order chi connectivity index (χ1) is 11.1. The van der Waals surface area contributed by atoms with Crippen molar-refractivity contribution in [2.45, 2.75) is 20.8 Å². The first kappa shape index (κ1) is 17.5. The third-order valence-electron chi connectivity index (χ3n) is 3.56. The molecule has 2 nitrogen and oxygen atoms in total. The summed E-state index contributed by atoms with van der Waals surface area (Å²) in [5.74, 6) is 0. The number of thiophene rings is 1. The van der Waals surface area contributed by atoms with Gasteiger partial charge in [-0.1, -0.05) is 69.0 Å². The fraction of sp³-hybridized carbons (Fsp3) is 0.158. The summed E-state index contributed by atoms with van der Waals surface area (Å²) in [5.41, 5.74) is 1.34. The number of benzene rings is 2. The molecule has 0 atom stereocenters. The van der Waals surface area contributed by atoms with Crippen molar-refractivity contribution >= 4 is 50.9 Å². The van der Waals surface area contributed by atoms with Crippen molar-refractivity contribution in [1.29, 1.82) is 0 Å². The number of allylic oxidation sites excluding steroid dienone is 1. The van der Waals surface area contributed by atoms with Crippen LogP contribution in [0.25, 0.3) is 32.4 Å². The zero-order valence-electron chi connectivity index (χ0n) is 13.7. The zero-order chi connectivity index (χ0) is 17.0. The van der Waals surface area contributed by atoms with Crippen LogP contribution in [0.15, 0.2) is 49.1 Å². The highest BCUT2D eigenvalue weighted by atomic mass is 32.1. The maximum atomic E-state index is 9.44. The van der Waals surface area contributed by atoms with Crippen molar-refractivity contribution in [3.63, 3.8) is 0 Å². The Kier molecular flexibility index (Phi) is 5.77. The molecule has 1 heterocycles. The maximum Gasteiger partial charge on any atom is 0.489 e. The van der Waals surface area contributed by atoms with Gasteiger partial charge in [0.25, 0.3) is 0 Å². The van der Waals surface area contributed by atoms with Crippen LogP contribution in [0.5, 0.6) is 0 Å². The molecule has 0 aliphatic rings. The van der Waals surface area contributed by atoms with Gasteiger partial charge in [0, 0.05) is 15.0 Å². The van der Waals surface area contributed by atoms with E-state index in [0.717, 1.165) is 20.5 Å². The van der Waals surface area contributed by atoms with Crippen LogP contribution in [0.3, 0.4) is 0 Å². The molecule has 4 heteroatoms. The van der Waals surface area contributed by atoms with E-state index >= 15 is 0 Å². The first-order valence-corrected chi connectivity index (χ1v) is 8.57. The van der Waals surface area contributed by atoms with Gasteiger partial charge in [0.1, 0.15) is 0 Å². The molecule has 3 rings (SSSR count). The smallest absolute Gasteiger partial charge is 0.423 e. The third kappa shape index (κ3) is 3.25. The van der Waals surface area contributed by atoms with E-state index in [1.807, 2.05) is 45.1 Å². The molecule has 0 spiro atoms. The summed E-state index contributed by atoms with van der Waals surface area (Å²) in [6.07, 6.45) is 3.95. The Morgan fingerprint density at radius 1 is 1.09 bits per heavy atom. The van der Waals surface area contributed by atoms with E-state index in [2.05, 4.69) is 30.8 Å². The summed E-state index contributed by atoms with van der Waals surface area (Å²) in [7, 11) is -1.53. The molecule has 0 fully saturated rings. The summed E-state index contributed by atoms with van der Waals surface area (Å²) in [6, 6.07) is 12.4. The lowest BCUT2D eigenvalue weighted by molar-refractivity contribution is 0.427. The van der Waals surface area contributed by atoms with E-state index in [9.17, 15) is 10.0 Å². The molecule has 3 aromatic rings. The lowest BCUT2D eigenvalue weighted by Crippen LogP contribution is -2.12. The largest absolute Gasteiger partial charge is 0.489 e. The molecule has 0 radical (unpaired) electrons. The van der Waals surface area contributed by atoms with Gasteiger partial charge in [-0.2, -0.15) is 0 Å². The maximum absolute atomic E-state index is 9.44. The van der Waals surface area contributed by atoms with Gasteiger partial charge >= 0.3 is 7.12 Å². The highest BCUT2D eigenvalue weighted by molar-refractivity contribution is 7.22. The van der Waals surface area contributed by atoms with Gasteiger partial charge in [-0.25, -0.2) is 0 Å². The summed E-state index contributed by atoms with van der Waals surface area (Å²) >= 11 is 1.56. The van der Waals surface area contributed by atoms with Gasteiger partial charge in [-0.05, 0) is 28.7 Å². The molecule has 2 aromatic carbocycles. The predicted molar refractivity (Wildman–Crippen MR) is 105 cm³/mol. The minimum absolute atomic E-state index is 0.341. The summed E-state index contributed by atoms with van der Waals surface area (Å²) in [6.45, 7) is 9.77. The van der Waals surface area contributed by atoms with Crippen molar-refractivity contribution < 1.29 is 10.0 Å². The molecule has 0 unspecified atom stereocenters. The first-order valence-electron chi connectivity index (χ1n) is 7.75. The van der Waals surface area contributed by atoms with Crippen LogP contribution in [0.2, 0.25) is 0 Å². The van der Waals surface area contributed by atoms with Crippen molar-refractivity contribution in [3.8, 4) is 0 Å².